The van der Waals surface area contributed by atoms with Crippen LogP contribution >= 0.6 is 0 Å². The third-order valence-electron chi connectivity index (χ3n) is 2.47. The maximum Gasteiger partial charge on any atom is 0.264 e. The van der Waals surface area contributed by atoms with Crippen LogP contribution in [0.25, 0.3) is 0 Å². The molecule has 0 bridgehead atoms. The lowest BCUT2D eigenvalue weighted by atomic mass is 10.2. The highest BCUT2D eigenvalue weighted by Crippen LogP contribution is 2.11. The van der Waals surface area contributed by atoms with E-state index in [1.165, 1.54) is 12.1 Å². The molecule has 0 saturated heterocycles. The Morgan fingerprint density at radius 3 is 2.15 bits per heavy atom. The van der Waals surface area contributed by atoms with E-state index in [1.54, 1.807) is 19.1 Å². The summed E-state index contributed by atoms with van der Waals surface area (Å²) in [4.78, 5) is 11.9. The van der Waals surface area contributed by atoms with Gasteiger partial charge in [-0.25, -0.2) is 13.1 Å². The number of hydrogen-bond donors (Lipinski definition) is 1. The van der Waals surface area contributed by atoms with Crippen molar-refractivity contribution in [3.8, 4) is 0 Å². The Kier molecular flexibility index (Phi) is 5.12. The monoisotopic (exact) mass is 315 g/mol. The molecule has 0 aliphatic carbocycles. The molecular formula is C13H21NO4SSi. The number of sulfonamides is 1. The molecule has 0 radical (unpaired) electrons. The van der Waals surface area contributed by atoms with Crippen LogP contribution in [0, 0.1) is 6.92 Å². The van der Waals surface area contributed by atoms with Gasteiger partial charge in [-0.3, -0.25) is 4.79 Å². The molecule has 5 nitrogen and oxygen atoms in total. The Morgan fingerprint density at radius 2 is 1.70 bits per heavy atom. The molecular weight excluding hydrogens is 294 g/mol. The number of amides is 1. The number of carbonyl (C=O) groups is 1. The van der Waals surface area contributed by atoms with Crippen LogP contribution in [-0.4, -0.2) is 28.7 Å². The van der Waals surface area contributed by atoms with Crippen molar-refractivity contribution in [3.63, 3.8) is 0 Å². The molecule has 0 fully saturated rings. The number of carbonyl (C=O) groups excluding carboxylic acids is 1. The van der Waals surface area contributed by atoms with Gasteiger partial charge in [-0.2, -0.15) is 0 Å². The molecule has 1 aromatic rings. The van der Waals surface area contributed by atoms with Crippen molar-refractivity contribution in [1.29, 1.82) is 0 Å². The Bertz CT molecular complexity index is 575. The van der Waals surface area contributed by atoms with Crippen molar-refractivity contribution >= 4 is 24.2 Å². The minimum absolute atomic E-state index is 0.0663. The molecule has 1 N–H and O–H groups in total. The summed E-state index contributed by atoms with van der Waals surface area (Å²) in [6.07, 6.45) is -0.790. The minimum Gasteiger partial charge on any atom is -0.406 e. The highest BCUT2D eigenvalue weighted by Gasteiger charge is 2.26. The molecule has 0 heterocycles. The van der Waals surface area contributed by atoms with Gasteiger partial charge in [-0.05, 0) is 45.6 Å². The summed E-state index contributed by atoms with van der Waals surface area (Å²) in [6.45, 7) is 9.22. The normalized spacial score (nSPS) is 13.8. The summed E-state index contributed by atoms with van der Waals surface area (Å²) >= 11 is 0. The van der Waals surface area contributed by atoms with Gasteiger partial charge in [0.1, 0.15) is 6.10 Å². The minimum atomic E-state index is -3.84. The second-order valence-electron chi connectivity index (χ2n) is 5.66. The van der Waals surface area contributed by atoms with Crippen LogP contribution in [0.2, 0.25) is 19.6 Å². The van der Waals surface area contributed by atoms with Gasteiger partial charge < -0.3 is 4.43 Å². The van der Waals surface area contributed by atoms with Crippen molar-refractivity contribution in [2.45, 2.75) is 44.5 Å². The van der Waals surface area contributed by atoms with Crippen LogP contribution in [0.5, 0.6) is 0 Å². The summed E-state index contributed by atoms with van der Waals surface area (Å²) in [5.74, 6) is -0.645. The number of benzene rings is 1. The molecule has 0 aliphatic rings. The van der Waals surface area contributed by atoms with E-state index in [0.29, 0.717) is 0 Å². The summed E-state index contributed by atoms with van der Waals surface area (Å²) in [7, 11) is -5.74. The number of aryl methyl sites for hydroxylation is 1. The van der Waals surface area contributed by atoms with Crippen molar-refractivity contribution in [2.24, 2.45) is 0 Å². The predicted molar refractivity (Wildman–Crippen MR) is 80.4 cm³/mol. The Balaban J connectivity index is 2.81. The molecule has 1 atom stereocenters. The van der Waals surface area contributed by atoms with E-state index in [1.807, 2.05) is 31.3 Å². The third-order valence-corrected chi connectivity index (χ3v) is 4.89. The standard InChI is InChI=1S/C13H21NO4SSi/c1-10-6-8-12(9-7-10)19(16,17)14-13(15)11(2)18-20(3,4)5/h6-9,11H,1-5H3,(H,14,15). The van der Waals surface area contributed by atoms with E-state index < -0.39 is 30.4 Å². The maximum absolute atomic E-state index is 12.0. The first-order valence-electron chi connectivity index (χ1n) is 6.32. The van der Waals surface area contributed by atoms with Crippen LogP contribution in [0.15, 0.2) is 29.2 Å². The van der Waals surface area contributed by atoms with Gasteiger partial charge in [-0.1, -0.05) is 17.7 Å². The second-order valence-corrected chi connectivity index (χ2v) is 11.8. The first kappa shape index (κ1) is 16.9. The largest absolute Gasteiger partial charge is 0.406 e. The van der Waals surface area contributed by atoms with Crippen molar-refractivity contribution < 1.29 is 17.6 Å². The van der Waals surface area contributed by atoms with E-state index in [2.05, 4.69) is 0 Å². The lowest BCUT2D eigenvalue weighted by Crippen LogP contribution is -2.43. The number of nitrogens with one attached hydrogen (secondary N) is 1. The smallest absolute Gasteiger partial charge is 0.264 e. The Labute approximate surface area is 121 Å². The van der Waals surface area contributed by atoms with Gasteiger partial charge in [0.05, 0.1) is 4.90 Å². The second kappa shape index (κ2) is 6.07. The molecule has 1 aromatic carbocycles. The Morgan fingerprint density at radius 1 is 1.20 bits per heavy atom. The molecule has 0 saturated carbocycles. The SMILES string of the molecule is Cc1ccc(S(=O)(=O)NC(=O)C(C)O[Si](C)(C)C)cc1. The van der Waals surface area contributed by atoms with Crippen LogP contribution in [-0.2, 0) is 19.2 Å². The van der Waals surface area contributed by atoms with Gasteiger partial charge in [0, 0.05) is 0 Å². The van der Waals surface area contributed by atoms with Gasteiger partial charge in [0.25, 0.3) is 15.9 Å². The molecule has 0 aliphatic heterocycles. The first-order chi connectivity index (χ1) is 9.01. The predicted octanol–water partition coefficient (Wildman–Crippen LogP) is 2.04. The molecule has 1 rings (SSSR count). The van der Waals surface area contributed by atoms with Gasteiger partial charge in [-0.15, -0.1) is 0 Å². The quantitative estimate of drug-likeness (QED) is 0.844. The van der Waals surface area contributed by atoms with Crippen LogP contribution in [0.1, 0.15) is 12.5 Å². The molecule has 20 heavy (non-hydrogen) atoms. The topological polar surface area (TPSA) is 72.5 Å². The van der Waals surface area contributed by atoms with Gasteiger partial charge >= 0.3 is 0 Å². The van der Waals surface area contributed by atoms with Crippen molar-refractivity contribution in [1.82, 2.24) is 4.72 Å². The molecule has 112 valence electrons. The molecule has 7 heteroatoms. The first-order valence-corrected chi connectivity index (χ1v) is 11.2. The zero-order valence-corrected chi connectivity index (χ0v) is 14.2. The molecule has 0 aromatic heterocycles. The van der Waals surface area contributed by atoms with E-state index in [-0.39, 0.29) is 4.90 Å². The lowest BCUT2D eigenvalue weighted by Gasteiger charge is -2.22. The highest BCUT2D eigenvalue weighted by atomic mass is 32.2. The zero-order valence-electron chi connectivity index (χ0n) is 12.4. The van der Waals surface area contributed by atoms with Gasteiger partial charge in [0.2, 0.25) is 0 Å². The van der Waals surface area contributed by atoms with Crippen LogP contribution in [0.3, 0.4) is 0 Å². The average Bonchev–Trinajstić information content (AvgIpc) is 2.26. The van der Waals surface area contributed by atoms with Crippen LogP contribution < -0.4 is 4.72 Å². The van der Waals surface area contributed by atoms with Gasteiger partial charge in [0.15, 0.2) is 8.32 Å². The Hall–Kier alpha value is -1.18. The van der Waals surface area contributed by atoms with Crippen molar-refractivity contribution in [3.05, 3.63) is 29.8 Å². The fraction of sp³-hybridized carbons (Fsp3) is 0.462. The average molecular weight is 315 g/mol. The highest BCUT2D eigenvalue weighted by molar-refractivity contribution is 7.90. The summed E-state index contributed by atoms with van der Waals surface area (Å²) in [5.41, 5.74) is 0.950. The summed E-state index contributed by atoms with van der Waals surface area (Å²) < 4.78 is 31.7. The molecule has 1 amide bonds. The molecule has 0 spiro atoms. The van der Waals surface area contributed by atoms with E-state index >= 15 is 0 Å². The summed E-state index contributed by atoms with van der Waals surface area (Å²) in [6, 6.07) is 6.30. The summed E-state index contributed by atoms with van der Waals surface area (Å²) in [5, 5.41) is 0. The fourth-order valence-electron chi connectivity index (χ4n) is 1.58. The van der Waals surface area contributed by atoms with E-state index in [4.69, 9.17) is 4.43 Å². The molecule has 1 unspecified atom stereocenters. The lowest BCUT2D eigenvalue weighted by molar-refractivity contribution is -0.125. The van der Waals surface area contributed by atoms with E-state index in [0.717, 1.165) is 5.56 Å². The van der Waals surface area contributed by atoms with Crippen molar-refractivity contribution in [2.75, 3.05) is 0 Å². The van der Waals surface area contributed by atoms with Crippen LogP contribution in [0.4, 0.5) is 0 Å². The number of rotatable bonds is 5. The zero-order chi connectivity index (χ0) is 15.6. The van der Waals surface area contributed by atoms with E-state index in [9.17, 15) is 13.2 Å². The third kappa shape index (κ3) is 5.07. The fourth-order valence-corrected chi connectivity index (χ4v) is 3.79. The number of hydrogen-bond acceptors (Lipinski definition) is 4. The maximum atomic E-state index is 12.0.